The first kappa shape index (κ1) is 33.2. The van der Waals surface area contributed by atoms with E-state index in [2.05, 4.69) is 9.88 Å². The molecule has 248 valence electrons. The third-order valence-electron chi connectivity index (χ3n) is 8.46. The van der Waals surface area contributed by atoms with E-state index in [0.29, 0.717) is 47.3 Å². The zero-order chi connectivity index (χ0) is 33.4. The maximum absolute atomic E-state index is 15.0. The van der Waals surface area contributed by atoms with E-state index in [0.717, 1.165) is 43.6 Å². The number of methoxy groups -OCH3 is 1. The molecule has 0 radical (unpaired) electrons. The summed E-state index contributed by atoms with van der Waals surface area (Å²) in [5.41, 5.74) is 1.77. The van der Waals surface area contributed by atoms with Crippen LogP contribution in [0.1, 0.15) is 60.8 Å². The van der Waals surface area contributed by atoms with Crippen LogP contribution in [0.15, 0.2) is 36.5 Å². The Labute approximate surface area is 270 Å². The second-order valence-corrected chi connectivity index (χ2v) is 14.3. The number of carbonyl (C=O) groups is 2. The van der Waals surface area contributed by atoms with Crippen molar-refractivity contribution < 1.29 is 28.2 Å². The SMILES string of the molecule is COc1cc2nc(-c3ccc(N(C)C(=O)OC(C)(C)C)nc3)cc(N3CCC(C4CCCN(C(=O)OC(C)(C)C)C4)C3)c2cc1F. The van der Waals surface area contributed by atoms with Gasteiger partial charge >= 0.3 is 12.2 Å². The Balaban J connectivity index is 1.41. The average molecular weight is 636 g/mol. The smallest absolute Gasteiger partial charge is 0.415 e. The topological polar surface area (TPSA) is 97.3 Å². The summed E-state index contributed by atoms with van der Waals surface area (Å²) in [5, 5.41) is 0.705. The van der Waals surface area contributed by atoms with Crippen molar-refractivity contribution in [3.8, 4) is 17.0 Å². The normalized spacial score (nSPS) is 18.9. The lowest BCUT2D eigenvalue weighted by atomic mass is 9.85. The van der Waals surface area contributed by atoms with Gasteiger partial charge in [0.1, 0.15) is 17.0 Å². The van der Waals surface area contributed by atoms with E-state index in [1.54, 1.807) is 25.4 Å². The molecule has 2 aliphatic heterocycles. The lowest BCUT2D eigenvalue weighted by Crippen LogP contribution is -2.44. The number of benzene rings is 1. The molecule has 2 atom stereocenters. The second kappa shape index (κ2) is 12.9. The standard InChI is InChI=1S/C35H46FN5O5/c1-34(2,3)45-32(42)39(7)31-12-11-22(19-37-31)27-17-29(25-16-26(36)30(44-8)18-28(25)38-27)40-15-13-24(20-40)23-10-9-14-41(21-23)33(43)46-35(4,5)6/h11-12,16-19,23-24H,9-10,13-15,20-21H2,1-8H3. The van der Waals surface area contributed by atoms with Gasteiger partial charge in [-0.25, -0.2) is 23.9 Å². The van der Waals surface area contributed by atoms with E-state index in [-0.39, 0.29) is 11.8 Å². The van der Waals surface area contributed by atoms with Crippen molar-refractivity contribution in [2.24, 2.45) is 11.8 Å². The van der Waals surface area contributed by atoms with E-state index in [4.69, 9.17) is 19.2 Å². The highest BCUT2D eigenvalue weighted by Gasteiger charge is 2.36. The maximum atomic E-state index is 15.0. The van der Waals surface area contributed by atoms with Crippen LogP contribution in [0, 0.1) is 17.7 Å². The van der Waals surface area contributed by atoms with Gasteiger partial charge in [-0.15, -0.1) is 0 Å². The van der Waals surface area contributed by atoms with Crippen LogP contribution in [0.25, 0.3) is 22.2 Å². The van der Waals surface area contributed by atoms with Crippen LogP contribution in [0.5, 0.6) is 5.75 Å². The van der Waals surface area contributed by atoms with Crippen LogP contribution in [0.2, 0.25) is 0 Å². The fourth-order valence-electron chi connectivity index (χ4n) is 6.21. The highest BCUT2D eigenvalue weighted by atomic mass is 19.1. The number of fused-ring (bicyclic) bond motifs is 1. The number of hydrogen-bond donors (Lipinski definition) is 0. The van der Waals surface area contributed by atoms with Crippen LogP contribution >= 0.6 is 0 Å². The van der Waals surface area contributed by atoms with Crippen molar-refractivity contribution in [3.63, 3.8) is 0 Å². The monoisotopic (exact) mass is 635 g/mol. The molecule has 3 aromatic rings. The Morgan fingerprint density at radius 3 is 2.33 bits per heavy atom. The van der Waals surface area contributed by atoms with E-state index in [9.17, 15) is 9.59 Å². The first-order chi connectivity index (χ1) is 21.6. The molecule has 5 rings (SSSR count). The number of hydrogen-bond acceptors (Lipinski definition) is 8. The molecule has 2 amide bonds. The summed E-state index contributed by atoms with van der Waals surface area (Å²) in [7, 11) is 3.06. The first-order valence-corrected chi connectivity index (χ1v) is 16.0. The minimum Gasteiger partial charge on any atom is -0.494 e. The molecule has 2 aliphatic rings. The Hall–Kier alpha value is -4.15. The molecule has 10 nitrogen and oxygen atoms in total. The Morgan fingerprint density at radius 1 is 0.957 bits per heavy atom. The van der Waals surface area contributed by atoms with Crippen molar-refractivity contribution in [1.82, 2.24) is 14.9 Å². The number of rotatable bonds is 5. The molecule has 46 heavy (non-hydrogen) atoms. The molecule has 1 aromatic carbocycles. The van der Waals surface area contributed by atoms with E-state index in [1.807, 2.05) is 58.6 Å². The second-order valence-electron chi connectivity index (χ2n) is 14.3. The number of aromatic nitrogens is 2. The summed E-state index contributed by atoms with van der Waals surface area (Å²) in [6, 6.07) is 8.72. The van der Waals surface area contributed by atoms with Gasteiger partial charge in [-0.05, 0) is 96.9 Å². The summed E-state index contributed by atoms with van der Waals surface area (Å²) >= 11 is 0. The van der Waals surface area contributed by atoms with Crippen molar-refractivity contribution in [2.75, 3.05) is 50.1 Å². The van der Waals surface area contributed by atoms with Crippen LogP contribution in [-0.4, -0.2) is 78.6 Å². The molecule has 0 spiro atoms. The number of pyridine rings is 2. The van der Waals surface area contributed by atoms with Crippen LogP contribution in [0.3, 0.4) is 0 Å². The minimum absolute atomic E-state index is 0.124. The number of nitrogens with zero attached hydrogens (tertiary/aromatic N) is 5. The zero-order valence-corrected chi connectivity index (χ0v) is 28.2. The zero-order valence-electron chi connectivity index (χ0n) is 28.2. The van der Waals surface area contributed by atoms with Gasteiger partial charge in [0.2, 0.25) is 0 Å². The number of amides is 2. The number of halogens is 1. The molecule has 2 fully saturated rings. The fraction of sp³-hybridized carbons (Fsp3) is 0.543. The summed E-state index contributed by atoms with van der Waals surface area (Å²) in [6.45, 7) is 14.1. The third kappa shape index (κ3) is 7.62. The summed E-state index contributed by atoms with van der Waals surface area (Å²) in [5.74, 6) is 0.856. The third-order valence-corrected chi connectivity index (χ3v) is 8.46. The molecule has 4 heterocycles. The molecular weight excluding hydrogens is 589 g/mol. The predicted octanol–water partition coefficient (Wildman–Crippen LogP) is 7.29. The highest BCUT2D eigenvalue weighted by Crippen LogP contribution is 2.39. The molecular formula is C35H46FN5O5. The number of carbonyl (C=O) groups excluding carboxylic acids is 2. The molecule has 0 aliphatic carbocycles. The summed E-state index contributed by atoms with van der Waals surface area (Å²) < 4.78 is 31.4. The molecule has 2 aromatic heterocycles. The largest absolute Gasteiger partial charge is 0.494 e. The average Bonchev–Trinajstić information content (AvgIpc) is 3.49. The van der Waals surface area contributed by atoms with Crippen LogP contribution in [-0.2, 0) is 9.47 Å². The van der Waals surface area contributed by atoms with E-state index < -0.39 is 23.1 Å². The molecule has 2 saturated heterocycles. The lowest BCUT2D eigenvalue weighted by molar-refractivity contribution is 0.0135. The van der Waals surface area contributed by atoms with Gasteiger partial charge in [-0.2, -0.15) is 0 Å². The van der Waals surface area contributed by atoms with E-state index >= 15 is 4.39 Å². The quantitative estimate of drug-likeness (QED) is 0.288. The van der Waals surface area contributed by atoms with E-state index in [1.165, 1.54) is 18.1 Å². The minimum atomic E-state index is -0.625. The lowest BCUT2D eigenvalue weighted by Gasteiger charge is -2.36. The van der Waals surface area contributed by atoms with Gasteiger partial charge in [0.05, 0.1) is 18.3 Å². The summed E-state index contributed by atoms with van der Waals surface area (Å²) in [4.78, 5) is 40.3. The van der Waals surface area contributed by atoms with Crippen molar-refractivity contribution >= 4 is 34.6 Å². The van der Waals surface area contributed by atoms with Gasteiger partial charge < -0.3 is 24.0 Å². The molecule has 0 bridgehead atoms. The molecule has 0 N–H and O–H groups in total. The molecule has 2 unspecified atom stereocenters. The van der Waals surface area contributed by atoms with Crippen molar-refractivity contribution in [3.05, 3.63) is 42.3 Å². The Morgan fingerprint density at radius 2 is 1.67 bits per heavy atom. The van der Waals surface area contributed by atoms with Crippen LogP contribution < -0.4 is 14.5 Å². The molecule has 11 heteroatoms. The fourth-order valence-corrected chi connectivity index (χ4v) is 6.21. The highest BCUT2D eigenvalue weighted by molar-refractivity contribution is 5.95. The maximum Gasteiger partial charge on any atom is 0.415 e. The van der Waals surface area contributed by atoms with Crippen molar-refractivity contribution in [1.29, 1.82) is 0 Å². The number of anilines is 2. The van der Waals surface area contributed by atoms with Crippen molar-refractivity contribution in [2.45, 2.75) is 72.0 Å². The van der Waals surface area contributed by atoms with Gasteiger partial charge in [-0.1, -0.05) is 0 Å². The number of ether oxygens (including phenoxy) is 3. The van der Waals surface area contributed by atoms with Gasteiger partial charge in [0.15, 0.2) is 11.6 Å². The number of piperidine rings is 1. The molecule has 0 saturated carbocycles. The van der Waals surface area contributed by atoms with Gasteiger partial charge in [0.25, 0.3) is 0 Å². The predicted molar refractivity (Wildman–Crippen MR) is 177 cm³/mol. The van der Waals surface area contributed by atoms with Crippen LogP contribution in [0.4, 0.5) is 25.5 Å². The van der Waals surface area contributed by atoms with Gasteiger partial charge in [-0.3, -0.25) is 4.90 Å². The Bertz CT molecular complexity index is 1580. The number of likely N-dealkylation sites (tertiary alicyclic amines) is 1. The summed E-state index contributed by atoms with van der Waals surface area (Å²) in [6.07, 6.45) is 3.90. The first-order valence-electron chi connectivity index (χ1n) is 16.0. The Kier molecular flexibility index (Phi) is 9.33. The van der Waals surface area contributed by atoms with Gasteiger partial charge in [0, 0.05) is 62.1 Å².